The van der Waals surface area contributed by atoms with Crippen LogP contribution in [0.5, 0.6) is 0 Å². The third-order valence-corrected chi connectivity index (χ3v) is 3.95. The molecule has 0 bridgehead atoms. The van der Waals surface area contributed by atoms with Crippen LogP contribution in [0.4, 0.5) is 0 Å². The summed E-state index contributed by atoms with van der Waals surface area (Å²) in [7, 11) is 2.23. The van der Waals surface area contributed by atoms with E-state index in [0.717, 1.165) is 18.0 Å². The molecule has 1 saturated heterocycles. The second-order valence-corrected chi connectivity index (χ2v) is 5.28. The van der Waals surface area contributed by atoms with Crippen molar-refractivity contribution in [3.05, 3.63) is 0 Å². The highest BCUT2D eigenvalue weighted by Crippen LogP contribution is 2.24. The average molecular weight is 196 g/mol. The van der Waals surface area contributed by atoms with E-state index in [0.29, 0.717) is 0 Å². The first-order valence-electron chi connectivity index (χ1n) is 6.20. The molecule has 2 fully saturated rings. The molecule has 14 heavy (non-hydrogen) atoms. The third-order valence-electron chi connectivity index (χ3n) is 3.95. The van der Waals surface area contributed by atoms with E-state index in [2.05, 4.69) is 24.2 Å². The number of likely N-dealkylation sites (N-methyl/N-ethyl adjacent to an activating group) is 1. The van der Waals surface area contributed by atoms with Crippen LogP contribution in [0.3, 0.4) is 0 Å². The molecule has 2 rings (SSSR count). The molecule has 2 nitrogen and oxygen atoms in total. The lowest BCUT2D eigenvalue weighted by Crippen LogP contribution is -2.44. The van der Waals surface area contributed by atoms with E-state index in [4.69, 9.17) is 0 Å². The Kier molecular flexibility index (Phi) is 3.45. The number of hydrogen-bond acceptors (Lipinski definition) is 2. The van der Waals surface area contributed by atoms with Gasteiger partial charge in [-0.3, -0.25) is 0 Å². The summed E-state index contributed by atoms with van der Waals surface area (Å²) in [4.78, 5) is 2.44. The fraction of sp³-hybridized carbons (Fsp3) is 1.00. The lowest BCUT2D eigenvalue weighted by molar-refractivity contribution is 0.257. The van der Waals surface area contributed by atoms with Crippen LogP contribution in [-0.2, 0) is 0 Å². The van der Waals surface area contributed by atoms with Gasteiger partial charge in [0.05, 0.1) is 0 Å². The highest BCUT2D eigenvalue weighted by molar-refractivity contribution is 4.86. The van der Waals surface area contributed by atoms with Crippen molar-refractivity contribution < 1.29 is 0 Å². The van der Waals surface area contributed by atoms with Gasteiger partial charge >= 0.3 is 0 Å². The molecule has 0 spiro atoms. The standard InChI is InChI=1S/C12H24N2/c1-10-5-3-4-6-12(10)13-11-7-8-14(2)9-11/h10-13H,3-9H2,1-2H3/t10-,11+,12-/m0/s1. The summed E-state index contributed by atoms with van der Waals surface area (Å²) in [5, 5.41) is 3.86. The van der Waals surface area contributed by atoms with Gasteiger partial charge in [0.15, 0.2) is 0 Å². The quantitative estimate of drug-likeness (QED) is 0.725. The Hall–Kier alpha value is -0.0800. The zero-order valence-corrected chi connectivity index (χ0v) is 9.63. The Labute approximate surface area is 88.1 Å². The maximum atomic E-state index is 3.86. The minimum atomic E-state index is 0.769. The first-order valence-corrected chi connectivity index (χ1v) is 6.20. The Morgan fingerprint density at radius 2 is 1.93 bits per heavy atom. The zero-order valence-electron chi connectivity index (χ0n) is 9.63. The predicted molar refractivity (Wildman–Crippen MR) is 60.5 cm³/mol. The van der Waals surface area contributed by atoms with Crippen LogP contribution in [-0.4, -0.2) is 37.1 Å². The second-order valence-electron chi connectivity index (χ2n) is 5.28. The fourth-order valence-corrected chi connectivity index (χ4v) is 2.94. The van der Waals surface area contributed by atoms with E-state index in [1.807, 2.05) is 0 Å². The van der Waals surface area contributed by atoms with E-state index in [1.165, 1.54) is 45.2 Å². The van der Waals surface area contributed by atoms with Crippen molar-refractivity contribution in [3.8, 4) is 0 Å². The van der Waals surface area contributed by atoms with Gasteiger partial charge in [0.25, 0.3) is 0 Å². The lowest BCUT2D eigenvalue weighted by atomic mass is 9.85. The molecule has 82 valence electrons. The number of hydrogen-bond donors (Lipinski definition) is 1. The molecule has 1 N–H and O–H groups in total. The normalized spacial score (nSPS) is 40.3. The molecular formula is C12H24N2. The number of rotatable bonds is 2. The van der Waals surface area contributed by atoms with Crippen molar-refractivity contribution in [2.24, 2.45) is 5.92 Å². The van der Waals surface area contributed by atoms with E-state index in [-0.39, 0.29) is 0 Å². The van der Waals surface area contributed by atoms with Crippen molar-refractivity contribution in [1.29, 1.82) is 0 Å². The van der Waals surface area contributed by atoms with Crippen molar-refractivity contribution in [3.63, 3.8) is 0 Å². The molecular weight excluding hydrogens is 172 g/mol. The largest absolute Gasteiger partial charge is 0.310 e. The summed E-state index contributed by atoms with van der Waals surface area (Å²) in [5.74, 6) is 0.898. The highest BCUT2D eigenvalue weighted by atomic mass is 15.2. The molecule has 3 atom stereocenters. The maximum Gasteiger partial charge on any atom is 0.0209 e. The average Bonchev–Trinajstić information content (AvgIpc) is 2.56. The van der Waals surface area contributed by atoms with Crippen molar-refractivity contribution in [2.45, 2.75) is 51.1 Å². The van der Waals surface area contributed by atoms with Crippen LogP contribution in [0.25, 0.3) is 0 Å². The van der Waals surface area contributed by atoms with Gasteiger partial charge in [0.2, 0.25) is 0 Å². The van der Waals surface area contributed by atoms with Gasteiger partial charge in [-0.2, -0.15) is 0 Å². The van der Waals surface area contributed by atoms with E-state index < -0.39 is 0 Å². The second kappa shape index (κ2) is 4.63. The van der Waals surface area contributed by atoms with Gasteiger partial charge < -0.3 is 10.2 Å². The molecule has 0 aromatic rings. The van der Waals surface area contributed by atoms with Gasteiger partial charge in [0.1, 0.15) is 0 Å². The number of likely N-dealkylation sites (tertiary alicyclic amines) is 1. The summed E-state index contributed by atoms with van der Waals surface area (Å²) in [6.07, 6.45) is 7.07. The zero-order chi connectivity index (χ0) is 9.97. The van der Waals surface area contributed by atoms with Crippen LogP contribution < -0.4 is 5.32 Å². The van der Waals surface area contributed by atoms with Crippen LogP contribution >= 0.6 is 0 Å². The van der Waals surface area contributed by atoms with Crippen LogP contribution in [0.15, 0.2) is 0 Å². The summed E-state index contributed by atoms with van der Waals surface area (Å²) < 4.78 is 0. The summed E-state index contributed by atoms with van der Waals surface area (Å²) in [6.45, 7) is 4.94. The van der Waals surface area contributed by atoms with Crippen molar-refractivity contribution in [1.82, 2.24) is 10.2 Å². The van der Waals surface area contributed by atoms with Gasteiger partial charge in [0, 0.05) is 18.6 Å². The minimum absolute atomic E-state index is 0.769. The summed E-state index contributed by atoms with van der Waals surface area (Å²) in [5.41, 5.74) is 0. The topological polar surface area (TPSA) is 15.3 Å². The molecule has 0 aromatic heterocycles. The van der Waals surface area contributed by atoms with Crippen LogP contribution in [0.2, 0.25) is 0 Å². The Morgan fingerprint density at radius 3 is 2.57 bits per heavy atom. The SMILES string of the molecule is C[C@H]1CCCC[C@@H]1N[C@@H]1CCN(C)C1. The molecule has 0 radical (unpaired) electrons. The van der Waals surface area contributed by atoms with Crippen molar-refractivity contribution >= 4 is 0 Å². The van der Waals surface area contributed by atoms with E-state index in [9.17, 15) is 0 Å². The maximum absolute atomic E-state index is 3.86. The Morgan fingerprint density at radius 1 is 1.14 bits per heavy atom. The van der Waals surface area contributed by atoms with Crippen molar-refractivity contribution in [2.75, 3.05) is 20.1 Å². The highest BCUT2D eigenvalue weighted by Gasteiger charge is 2.26. The molecule has 1 aliphatic heterocycles. The van der Waals surface area contributed by atoms with E-state index >= 15 is 0 Å². The van der Waals surface area contributed by atoms with Gasteiger partial charge in [-0.15, -0.1) is 0 Å². The summed E-state index contributed by atoms with van der Waals surface area (Å²) >= 11 is 0. The number of nitrogens with zero attached hydrogens (tertiary/aromatic N) is 1. The molecule has 0 amide bonds. The molecule has 1 aliphatic carbocycles. The predicted octanol–water partition coefficient (Wildman–Crippen LogP) is 1.86. The molecule has 1 heterocycles. The smallest absolute Gasteiger partial charge is 0.0209 e. The van der Waals surface area contributed by atoms with E-state index in [1.54, 1.807) is 0 Å². The van der Waals surface area contributed by atoms with Crippen LogP contribution in [0.1, 0.15) is 39.0 Å². The third kappa shape index (κ3) is 2.48. The molecule has 1 saturated carbocycles. The monoisotopic (exact) mass is 196 g/mol. The fourth-order valence-electron chi connectivity index (χ4n) is 2.94. The van der Waals surface area contributed by atoms with Gasteiger partial charge in [-0.1, -0.05) is 19.8 Å². The number of nitrogens with one attached hydrogen (secondary N) is 1. The van der Waals surface area contributed by atoms with Gasteiger partial charge in [-0.05, 0) is 38.8 Å². The van der Waals surface area contributed by atoms with Gasteiger partial charge in [-0.25, -0.2) is 0 Å². The molecule has 0 unspecified atom stereocenters. The van der Waals surface area contributed by atoms with Crippen LogP contribution in [0, 0.1) is 5.92 Å². The molecule has 0 aromatic carbocycles. The lowest BCUT2D eigenvalue weighted by Gasteiger charge is -2.32. The summed E-state index contributed by atoms with van der Waals surface area (Å²) in [6, 6.07) is 1.57. The minimum Gasteiger partial charge on any atom is -0.310 e. The molecule has 2 aliphatic rings. The Balaban J connectivity index is 1.78. The molecule has 2 heteroatoms. The first kappa shape index (κ1) is 10.4. The Bertz CT molecular complexity index is 181. The first-order chi connectivity index (χ1) is 6.75.